The van der Waals surface area contributed by atoms with Gasteiger partial charge in [0.05, 0.1) is 6.42 Å². The van der Waals surface area contributed by atoms with Gasteiger partial charge < -0.3 is 5.32 Å². The molecule has 0 radical (unpaired) electrons. The van der Waals surface area contributed by atoms with Crippen molar-refractivity contribution < 1.29 is 9.59 Å². The average molecular weight is 310 g/mol. The molecule has 0 aromatic heterocycles. The summed E-state index contributed by atoms with van der Waals surface area (Å²) in [5.74, 6) is -0.506. The van der Waals surface area contributed by atoms with E-state index in [-0.39, 0.29) is 23.8 Å². The number of nitrogens with one attached hydrogen (secondary N) is 2. The fourth-order valence-electron chi connectivity index (χ4n) is 1.57. The van der Waals surface area contributed by atoms with Gasteiger partial charge in [-0.05, 0) is 45.9 Å². The molecule has 0 bridgehead atoms. The molecule has 1 rings (SSSR count). The van der Waals surface area contributed by atoms with Gasteiger partial charge in [0.15, 0.2) is 0 Å². The lowest BCUT2D eigenvalue weighted by Gasteiger charge is -2.20. The van der Waals surface area contributed by atoms with Crippen LogP contribution in [0.25, 0.3) is 0 Å². The normalized spacial score (nSPS) is 12.0. The second kappa shape index (κ2) is 7.22. The van der Waals surface area contributed by atoms with Gasteiger partial charge in [-0.25, -0.2) is 5.43 Å². The van der Waals surface area contributed by atoms with Crippen LogP contribution in [-0.4, -0.2) is 23.1 Å². The van der Waals surface area contributed by atoms with Crippen molar-refractivity contribution in [1.29, 1.82) is 0 Å². The zero-order valence-corrected chi connectivity index (χ0v) is 13.4. The molecule has 114 valence electrons. The highest BCUT2D eigenvalue weighted by atomic mass is 35.5. The second-order valence-electron chi connectivity index (χ2n) is 5.77. The molecule has 5 nitrogen and oxygen atoms in total. The summed E-state index contributed by atoms with van der Waals surface area (Å²) in [5.41, 5.74) is 3.05. The van der Waals surface area contributed by atoms with Gasteiger partial charge in [0.1, 0.15) is 0 Å². The number of carbonyl (C=O) groups excluding carboxylic acids is 2. The first-order chi connectivity index (χ1) is 9.67. The maximum atomic E-state index is 11.8. The third kappa shape index (κ3) is 6.90. The Labute approximate surface area is 129 Å². The van der Waals surface area contributed by atoms with Crippen LogP contribution in [0.1, 0.15) is 44.5 Å². The van der Waals surface area contributed by atoms with Gasteiger partial charge in [0.25, 0.3) is 5.91 Å². The zero-order valence-electron chi connectivity index (χ0n) is 12.7. The molecule has 2 amide bonds. The van der Waals surface area contributed by atoms with Gasteiger partial charge in [-0.1, -0.05) is 17.7 Å². The summed E-state index contributed by atoms with van der Waals surface area (Å²) in [6, 6.07) is 6.56. The van der Waals surface area contributed by atoms with Gasteiger partial charge in [-0.2, -0.15) is 5.10 Å². The average Bonchev–Trinajstić information content (AvgIpc) is 2.33. The van der Waals surface area contributed by atoms with Crippen LogP contribution in [0.2, 0.25) is 5.02 Å². The Morgan fingerprint density at radius 1 is 1.29 bits per heavy atom. The number of hydrogen-bond acceptors (Lipinski definition) is 3. The van der Waals surface area contributed by atoms with Crippen LogP contribution in [0.4, 0.5) is 0 Å². The van der Waals surface area contributed by atoms with E-state index < -0.39 is 0 Å². The number of hydrazone groups is 1. The molecule has 21 heavy (non-hydrogen) atoms. The summed E-state index contributed by atoms with van der Waals surface area (Å²) in [5, 5.41) is 7.22. The van der Waals surface area contributed by atoms with Crippen LogP contribution in [0.15, 0.2) is 29.4 Å². The molecule has 0 aliphatic carbocycles. The largest absolute Gasteiger partial charge is 0.351 e. The van der Waals surface area contributed by atoms with E-state index in [1.54, 1.807) is 31.2 Å². The minimum atomic E-state index is -0.368. The Balaban J connectivity index is 2.56. The summed E-state index contributed by atoms with van der Waals surface area (Å²) in [6.07, 6.45) is 0.132. The second-order valence-corrected chi connectivity index (χ2v) is 6.21. The molecule has 0 spiro atoms. The van der Waals surface area contributed by atoms with Crippen LogP contribution in [-0.2, 0) is 4.79 Å². The Kier molecular flexibility index (Phi) is 5.90. The van der Waals surface area contributed by atoms with E-state index in [4.69, 9.17) is 11.6 Å². The first kappa shape index (κ1) is 17.2. The highest BCUT2D eigenvalue weighted by Gasteiger charge is 2.14. The molecule has 1 aromatic carbocycles. The summed E-state index contributed by atoms with van der Waals surface area (Å²) in [4.78, 5) is 23.5. The van der Waals surface area contributed by atoms with E-state index in [1.807, 2.05) is 20.8 Å². The minimum absolute atomic E-state index is 0.132. The molecular weight excluding hydrogens is 290 g/mol. The molecular formula is C15H20ClN3O2. The molecule has 1 aromatic rings. The SMILES string of the molecule is CC(CC(=O)NC(C)(C)C)=NNC(=O)c1cccc(Cl)c1. The molecule has 2 N–H and O–H groups in total. The summed E-state index contributed by atoms with van der Waals surface area (Å²) < 4.78 is 0. The first-order valence-electron chi connectivity index (χ1n) is 6.57. The van der Waals surface area contributed by atoms with E-state index in [0.717, 1.165) is 0 Å². The van der Waals surface area contributed by atoms with E-state index in [0.29, 0.717) is 16.3 Å². The van der Waals surface area contributed by atoms with Crippen LogP contribution in [0.3, 0.4) is 0 Å². The fraction of sp³-hybridized carbons (Fsp3) is 0.400. The van der Waals surface area contributed by atoms with E-state index in [9.17, 15) is 9.59 Å². The summed E-state index contributed by atoms with van der Waals surface area (Å²) >= 11 is 5.81. The Morgan fingerprint density at radius 2 is 1.95 bits per heavy atom. The zero-order chi connectivity index (χ0) is 16.0. The number of carbonyl (C=O) groups is 2. The number of halogens is 1. The van der Waals surface area contributed by atoms with Crippen molar-refractivity contribution in [3.63, 3.8) is 0 Å². The van der Waals surface area contributed by atoms with Gasteiger partial charge in [0, 0.05) is 21.8 Å². The van der Waals surface area contributed by atoms with Crippen LogP contribution in [0.5, 0.6) is 0 Å². The number of rotatable bonds is 4. The molecule has 0 unspecified atom stereocenters. The molecule has 0 saturated carbocycles. The molecule has 0 fully saturated rings. The Hall–Kier alpha value is -1.88. The van der Waals surface area contributed by atoms with Crippen molar-refractivity contribution in [3.8, 4) is 0 Å². The minimum Gasteiger partial charge on any atom is -0.351 e. The lowest BCUT2D eigenvalue weighted by atomic mass is 10.1. The number of amides is 2. The monoisotopic (exact) mass is 309 g/mol. The van der Waals surface area contributed by atoms with Crippen molar-refractivity contribution in [3.05, 3.63) is 34.9 Å². The maximum Gasteiger partial charge on any atom is 0.271 e. The first-order valence-corrected chi connectivity index (χ1v) is 6.95. The van der Waals surface area contributed by atoms with E-state index in [1.165, 1.54) is 0 Å². The number of benzene rings is 1. The van der Waals surface area contributed by atoms with Crippen molar-refractivity contribution in [2.45, 2.75) is 39.7 Å². The topological polar surface area (TPSA) is 70.6 Å². The highest BCUT2D eigenvalue weighted by molar-refractivity contribution is 6.30. The van der Waals surface area contributed by atoms with Gasteiger partial charge in [0.2, 0.25) is 5.91 Å². The van der Waals surface area contributed by atoms with Crippen molar-refractivity contribution in [1.82, 2.24) is 10.7 Å². The Morgan fingerprint density at radius 3 is 2.52 bits per heavy atom. The van der Waals surface area contributed by atoms with Crippen molar-refractivity contribution in [2.24, 2.45) is 5.10 Å². The molecule has 6 heteroatoms. The molecule has 0 heterocycles. The van der Waals surface area contributed by atoms with E-state index >= 15 is 0 Å². The van der Waals surface area contributed by atoms with E-state index in [2.05, 4.69) is 15.8 Å². The van der Waals surface area contributed by atoms with Gasteiger partial charge in [-0.15, -0.1) is 0 Å². The number of hydrogen-bond donors (Lipinski definition) is 2. The lowest BCUT2D eigenvalue weighted by molar-refractivity contribution is -0.121. The lowest BCUT2D eigenvalue weighted by Crippen LogP contribution is -2.41. The van der Waals surface area contributed by atoms with Crippen molar-refractivity contribution in [2.75, 3.05) is 0 Å². The Bertz CT molecular complexity index is 562. The standard InChI is InChI=1S/C15H20ClN3O2/c1-10(8-13(20)17-15(2,3)4)18-19-14(21)11-6-5-7-12(16)9-11/h5-7,9H,8H2,1-4H3,(H,17,20)(H,19,21). The predicted molar refractivity (Wildman–Crippen MR) is 84.5 cm³/mol. The smallest absolute Gasteiger partial charge is 0.271 e. The fourth-order valence-corrected chi connectivity index (χ4v) is 1.77. The third-order valence-electron chi connectivity index (χ3n) is 2.37. The third-order valence-corrected chi connectivity index (χ3v) is 2.60. The molecule has 0 atom stereocenters. The molecule has 0 aliphatic rings. The number of nitrogens with zero attached hydrogens (tertiary/aromatic N) is 1. The quantitative estimate of drug-likeness (QED) is 0.663. The maximum absolute atomic E-state index is 11.8. The molecule has 0 aliphatic heterocycles. The van der Waals surface area contributed by atoms with Crippen LogP contribution < -0.4 is 10.7 Å². The van der Waals surface area contributed by atoms with Crippen molar-refractivity contribution >= 4 is 29.1 Å². The summed E-state index contributed by atoms with van der Waals surface area (Å²) in [6.45, 7) is 7.38. The predicted octanol–water partition coefficient (Wildman–Crippen LogP) is 2.75. The highest BCUT2D eigenvalue weighted by Crippen LogP contribution is 2.10. The van der Waals surface area contributed by atoms with Crippen LogP contribution in [0, 0.1) is 0 Å². The van der Waals surface area contributed by atoms with Crippen LogP contribution >= 0.6 is 11.6 Å². The summed E-state index contributed by atoms with van der Waals surface area (Å²) in [7, 11) is 0. The van der Waals surface area contributed by atoms with Gasteiger partial charge in [-0.3, -0.25) is 9.59 Å². The molecule has 0 saturated heterocycles. The van der Waals surface area contributed by atoms with Gasteiger partial charge >= 0.3 is 0 Å².